The lowest BCUT2D eigenvalue weighted by Gasteiger charge is -2.33. The Balaban J connectivity index is 2.38. The lowest BCUT2D eigenvalue weighted by Crippen LogP contribution is -2.46. The van der Waals surface area contributed by atoms with E-state index in [9.17, 15) is 8.42 Å². The molecule has 1 N–H and O–H groups in total. The molecule has 112 valence electrons. The molecule has 0 aromatic heterocycles. The van der Waals surface area contributed by atoms with Gasteiger partial charge >= 0.3 is 0 Å². The van der Waals surface area contributed by atoms with Gasteiger partial charge in [-0.15, -0.1) is 0 Å². The van der Waals surface area contributed by atoms with Crippen molar-refractivity contribution in [3.63, 3.8) is 0 Å². The van der Waals surface area contributed by atoms with Crippen molar-refractivity contribution in [2.75, 3.05) is 19.6 Å². The molecule has 1 heterocycles. The number of rotatable bonds is 4. The van der Waals surface area contributed by atoms with Crippen LogP contribution in [-0.2, 0) is 10.0 Å². The summed E-state index contributed by atoms with van der Waals surface area (Å²) < 4.78 is 27.6. The molecule has 5 heteroatoms. The van der Waals surface area contributed by atoms with E-state index in [1.807, 2.05) is 32.9 Å². The first-order valence-corrected chi connectivity index (χ1v) is 8.70. The second-order valence-electron chi connectivity index (χ2n) is 5.46. The maximum Gasteiger partial charge on any atom is 0.243 e. The van der Waals surface area contributed by atoms with Crippen molar-refractivity contribution in [1.82, 2.24) is 9.62 Å². The van der Waals surface area contributed by atoms with Crippen molar-refractivity contribution >= 4 is 10.0 Å². The third-order valence-corrected chi connectivity index (χ3v) is 6.13. The summed E-state index contributed by atoms with van der Waals surface area (Å²) in [6.45, 7) is 8.03. The number of piperidine rings is 1. The largest absolute Gasteiger partial charge is 0.317 e. The molecule has 1 aromatic carbocycles. The fourth-order valence-electron chi connectivity index (χ4n) is 2.83. The Morgan fingerprint density at radius 3 is 2.50 bits per heavy atom. The van der Waals surface area contributed by atoms with Gasteiger partial charge in [-0.1, -0.05) is 19.1 Å². The van der Waals surface area contributed by atoms with Gasteiger partial charge in [0, 0.05) is 12.6 Å². The van der Waals surface area contributed by atoms with Gasteiger partial charge in [-0.3, -0.25) is 0 Å². The van der Waals surface area contributed by atoms with Crippen LogP contribution in [-0.4, -0.2) is 38.4 Å². The van der Waals surface area contributed by atoms with Gasteiger partial charge in [0.15, 0.2) is 0 Å². The highest BCUT2D eigenvalue weighted by molar-refractivity contribution is 7.89. The third-order valence-electron chi connectivity index (χ3n) is 3.96. The van der Waals surface area contributed by atoms with Crippen molar-refractivity contribution in [3.8, 4) is 0 Å². The monoisotopic (exact) mass is 296 g/mol. The highest BCUT2D eigenvalue weighted by atomic mass is 32.2. The zero-order chi connectivity index (χ0) is 14.8. The molecule has 1 aliphatic heterocycles. The van der Waals surface area contributed by atoms with E-state index >= 15 is 0 Å². The first-order valence-electron chi connectivity index (χ1n) is 7.26. The molecule has 1 fully saturated rings. The summed E-state index contributed by atoms with van der Waals surface area (Å²) in [7, 11) is -3.40. The molecule has 0 unspecified atom stereocenters. The van der Waals surface area contributed by atoms with Crippen LogP contribution in [0.4, 0.5) is 0 Å². The Morgan fingerprint density at radius 1 is 1.25 bits per heavy atom. The number of hydrogen-bond donors (Lipinski definition) is 1. The van der Waals surface area contributed by atoms with Gasteiger partial charge < -0.3 is 5.32 Å². The maximum atomic E-state index is 12.9. The first-order chi connectivity index (χ1) is 9.46. The molecular weight excluding hydrogens is 272 g/mol. The third kappa shape index (κ3) is 3.05. The lowest BCUT2D eigenvalue weighted by atomic mass is 10.1. The van der Waals surface area contributed by atoms with Gasteiger partial charge in [0.2, 0.25) is 10.0 Å². The number of hydrogen-bond acceptors (Lipinski definition) is 3. The van der Waals surface area contributed by atoms with Crippen LogP contribution in [0.15, 0.2) is 23.1 Å². The second kappa shape index (κ2) is 6.24. The summed E-state index contributed by atoms with van der Waals surface area (Å²) in [4.78, 5) is 0.456. The fraction of sp³-hybridized carbons (Fsp3) is 0.600. The van der Waals surface area contributed by atoms with Crippen LogP contribution in [0.25, 0.3) is 0 Å². The Labute approximate surface area is 122 Å². The van der Waals surface area contributed by atoms with Gasteiger partial charge in [0.05, 0.1) is 4.90 Å². The van der Waals surface area contributed by atoms with Crippen molar-refractivity contribution in [2.24, 2.45) is 0 Å². The minimum Gasteiger partial charge on any atom is -0.317 e. The molecule has 20 heavy (non-hydrogen) atoms. The molecule has 1 saturated heterocycles. The Morgan fingerprint density at radius 2 is 1.90 bits per heavy atom. The van der Waals surface area contributed by atoms with E-state index in [1.54, 1.807) is 10.4 Å². The number of nitrogens with zero attached hydrogens (tertiary/aromatic N) is 1. The molecule has 2 rings (SSSR count). The van der Waals surface area contributed by atoms with E-state index in [4.69, 9.17) is 0 Å². The van der Waals surface area contributed by atoms with Gasteiger partial charge in [-0.25, -0.2) is 8.42 Å². The van der Waals surface area contributed by atoms with Crippen LogP contribution < -0.4 is 5.32 Å². The highest BCUT2D eigenvalue weighted by Gasteiger charge is 2.31. The molecular formula is C15H24N2O2S. The van der Waals surface area contributed by atoms with Crippen LogP contribution in [0.5, 0.6) is 0 Å². The predicted molar refractivity (Wildman–Crippen MR) is 81.4 cm³/mol. The van der Waals surface area contributed by atoms with Gasteiger partial charge in [-0.05, 0) is 57.0 Å². The van der Waals surface area contributed by atoms with E-state index in [0.717, 1.165) is 37.1 Å². The van der Waals surface area contributed by atoms with Gasteiger partial charge in [-0.2, -0.15) is 4.31 Å². The van der Waals surface area contributed by atoms with Crippen molar-refractivity contribution in [2.45, 2.75) is 44.6 Å². The number of benzene rings is 1. The first kappa shape index (κ1) is 15.5. The highest BCUT2D eigenvalue weighted by Crippen LogP contribution is 2.25. The normalized spacial score (nSPS) is 17.6. The Hall–Kier alpha value is -0.910. The molecule has 1 aliphatic rings. The van der Waals surface area contributed by atoms with E-state index in [-0.39, 0.29) is 6.04 Å². The van der Waals surface area contributed by atoms with E-state index in [0.29, 0.717) is 11.4 Å². The molecule has 0 amide bonds. The molecule has 1 aromatic rings. The van der Waals surface area contributed by atoms with Crippen molar-refractivity contribution < 1.29 is 8.42 Å². The van der Waals surface area contributed by atoms with Crippen molar-refractivity contribution in [1.29, 1.82) is 0 Å². The van der Waals surface area contributed by atoms with Gasteiger partial charge in [0.25, 0.3) is 0 Å². The topological polar surface area (TPSA) is 49.4 Å². The number of aryl methyl sites for hydroxylation is 2. The molecule has 0 aliphatic carbocycles. The van der Waals surface area contributed by atoms with Gasteiger partial charge in [0.1, 0.15) is 0 Å². The molecule has 0 saturated carbocycles. The summed E-state index contributed by atoms with van der Waals surface area (Å²) in [5.74, 6) is 0. The smallest absolute Gasteiger partial charge is 0.243 e. The second-order valence-corrected chi connectivity index (χ2v) is 7.32. The SMILES string of the molecule is CCN(C1CCNCC1)S(=O)(=O)c1cc(C)ccc1C. The summed E-state index contributed by atoms with van der Waals surface area (Å²) in [5, 5.41) is 3.28. The molecule has 0 radical (unpaired) electrons. The zero-order valence-electron chi connectivity index (χ0n) is 12.5. The average molecular weight is 296 g/mol. The molecule has 0 bridgehead atoms. The van der Waals surface area contributed by atoms with E-state index < -0.39 is 10.0 Å². The molecule has 0 spiro atoms. The van der Waals surface area contributed by atoms with Crippen LogP contribution >= 0.6 is 0 Å². The lowest BCUT2D eigenvalue weighted by molar-refractivity contribution is 0.270. The minimum absolute atomic E-state index is 0.117. The van der Waals surface area contributed by atoms with Crippen molar-refractivity contribution in [3.05, 3.63) is 29.3 Å². The standard InChI is InChI=1S/C15H24N2O2S/c1-4-17(14-7-9-16-10-8-14)20(18,19)15-11-12(2)5-6-13(15)3/h5-6,11,14,16H,4,7-10H2,1-3H3. The van der Waals surface area contributed by atoms with Crippen LogP contribution in [0.2, 0.25) is 0 Å². The fourth-order valence-corrected chi connectivity index (χ4v) is 4.84. The minimum atomic E-state index is -3.40. The maximum absolute atomic E-state index is 12.9. The summed E-state index contributed by atoms with van der Waals surface area (Å²) in [6, 6.07) is 5.74. The quantitative estimate of drug-likeness (QED) is 0.925. The average Bonchev–Trinajstić information content (AvgIpc) is 2.43. The summed E-state index contributed by atoms with van der Waals surface area (Å²) >= 11 is 0. The number of sulfonamides is 1. The van der Waals surface area contributed by atoms with Crippen LogP contribution in [0, 0.1) is 13.8 Å². The van der Waals surface area contributed by atoms with E-state index in [1.165, 1.54) is 0 Å². The summed E-state index contributed by atoms with van der Waals surface area (Å²) in [6.07, 6.45) is 1.77. The van der Waals surface area contributed by atoms with E-state index in [2.05, 4.69) is 5.32 Å². The molecule has 4 nitrogen and oxygen atoms in total. The predicted octanol–water partition coefficient (Wildman–Crippen LogP) is 2.07. The molecule has 0 atom stereocenters. The number of nitrogens with one attached hydrogen (secondary N) is 1. The Bertz CT molecular complexity index is 563. The summed E-state index contributed by atoms with van der Waals surface area (Å²) in [5.41, 5.74) is 1.80. The van der Waals surface area contributed by atoms with Crippen LogP contribution in [0.3, 0.4) is 0 Å². The Kier molecular flexibility index (Phi) is 4.83. The van der Waals surface area contributed by atoms with Crippen LogP contribution in [0.1, 0.15) is 30.9 Å². The zero-order valence-corrected chi connectivity index (χ0v) is 13.3.